The molecule has 3 saturated heterocycles. The molecule has 1 N–H and O–H groups in total. The van der Waals surface area contributed by atoms with Gasteiger partial charge in [0, 0.05) is 86.1 Å². The average molecular weight is 521 g/mol. The number of hydrogen-bond donors (Lipinski definition) is 1. The first-order chi connectivity index (χ1) is 18.6. The van der Waals surface area contributed by atoms with Crippen LogP contribution in [0.3, 0.4) is 0 Å². The molecule has 2 aliphatic carbocycles. The number of carbonyl (C=O) groups is 2. The molecular weight excluding hydrogens is 484 g/mol. The lowest BCUT2D eigenvalue weighted by atomic mass is 9.89. The van der Waals surface area contributed by atoms with Gasteiger partial charge in [-0.2, -0.15) is 15.4 Å². The second-order valence-corrected chi connectivity index (χ2v) is 11.9. The average Bonchev–Trinajstić information content (AvgIpc) is 3.37. The van der Waals surface area contributed by atoms with Gasteiger partial charge in [-0.15, -0.1) is 0 Å². The monoisotopic (exact) mass is 520 g/mol. The fourth-order valence-electron chi connectivity index (χ4n) is 6.73. The van der Waals surface area contributed by atoms with Crippen molar-refractivity contribution >= 4 is 11.8 Å². The molecule has 10 heteroatoms. The van der Waals surface area contributed by atoms with Gasteiger partial charge in [0.25, 0.3) is 5.91 Å². The van der Waals surface area contributed by atoms with E-state index >= 15 is 0 Å². The Morgan fingerprint density at radius 1 is 1.00 bits per heavy atom. The second-order valence-electron chi connectivity index (χ2n) is 11.9. The number of rotatable bonds is 6. The van der Waals surface area contributed by atoms with Crippen LogP contribution in [-0.2, 0) is 22.4 Å². The number of hydrogen-bond acceptors (Lipinski definition) is 7. The summed E-state index contributed by atoms with van der Waals surface area (Å²) in [4.78, 5) is 35.6. The van der Waals surface area contributed by atoms with Crippen LogP contribution in [0.15, 0.2) is 12.1 Å². The molecule has 5 heterocycles. The highest BCUT2D eigenvalue weighted by atomic mass is 16.5. The van der Waals surface area contributed by atoms with E-state index in [4.69, 9.17) is 14.5 Å². The summed E-state index contributed by atoms with van der Waals surface area (Å²) in [6.45, 7) is 4.99. The minimum absolute atomic E-state index is 0.0135. The molecule has 0 spiro atoms. The van der Waals surface area contributed by atoms with Crippen LogP contribution in [0.25, 0.3) is 0 Å². The maximum atomic E-state index is 13.6. The zero-order valence-corrected chi connectivity index (χ0v) is 21.8. The molecule has 3 aliphatic heterocycles. The van der Waals surface area contributed by atoms with Gasteiger partial charge in [0.05, 0.1) is 24.6 Å². The van der Waals surface area contributed by atoms with Crippen LogP contribution in [0.4, 0.5) is 0 Å². The molecule has 202 valence electrons. The van der Waals surface area contributed by atoms with Crippen molar-refractivity contribution in [2.45, 2.75) is 50.9 Å². The van der Waals surface area contributed by atoms with E-state index in [2.05, 4.69) is 15.4 Å². The maximum absolute atomic E-state index is 13.6. The standard InChI is InChI=1S/C28H36N6O4/c35-27(19-5-6-23-25(8-19)31-32-30-23)33-11-21-13-34(14-22(21)12-33)28(36)20-9-24(18-3-4-18)29-26(10-20)38-16-17-2-1-7-37-15-17/h9-10,17-19,21-22H,1-8,11-16H2,(H,30,31,32)/t17?,19-,21+,22?/m1/s1. The minimum atomic E-state index is -0.0135. The molecule has 5 aliphatic rings. The number of H-pyrrole nitrogens is 1. The van der Waals surface area contributed by atoms with Gasteiger partial charge < -0.3 is 19.3 Å². The molecule has 1 saturated carbocycles. The van der Waals surface area contributed by atoms with E-state index in [9.17, 15) is 9.59 Å². The minimum Gasteiger partial charge on any atom is -0.477 e. The summed E-state index contributed by atoms with van der Waals surface area (Å²) < 4.78 is 11.7. The quantitative estimate of drug-likeness (QED) is 0.621. The Bertz CT molecular complexity index is 1190. The Morgan fingerprint density at radius 2 is 1.79 bits per heavy atom. The first-order valence-corrected chi connectivity index (χ1v) is 14.3. The molecular formula is C28H36N6O4. The van der Waals surface area contributed by atoms with Crippen LogP contribution in [0.1, 0.15) is 65.5 Å². The Labute approximate surface area is 222 Å². The topological polar surface area (TPSA) is 114 Å². The fourth-order valence-corrected chi connectivity index (χ4v) is 6.73. The zero-order valence-electron chi connectivity index (χ0n) is 21.8. The highest BCUT2D eigenvalue weighted by molar-refractivity contribution is 5.95. The molecule has 2 aromatic heterocycles. The number of aromatic amines is 1. The van der Waals surface area contributed by atoms with Gasteiger partial charge in [0.15, 0.2) is 0 Å². The number of nitrogens with zero attached hydrogens (tertiary/aromatic N) is 5. The Balaban J connectivity index is 0.980. The van der Waals surface area contributed by atoms with Gasteiger partial charge in [-0.05, 0) is 44.6 Å². The molecule has 38 heavy (non-hydrogen) atoms. The number of nitrogens with one attached hydrogen (secondary N) is 1. The summed E-state index contributed by atoms with van der Waals surface area (Å²) in [6.07, 6.45) is 6.72. The van der Waals surface area contributed by atoms with Crippen LogP contribution in [-0.4, -0.2) is 88.0 Å². The number of aryl methyl sites for hydroxylation is 1. The third-order valence-electron chi connectivity index (χ3n) is 9.09. The van der Waals surface area contributed by atoms with E-state index in [1.54, 1.807) is 0 Å². The van der Waals surface area contributed by atoms with E-state index in [-0.39, 0.29) is 17.7 Å². The number of likely N-dealkylation sites (tertiary alicyclic amines) is 2. The zero-order chi connectivity index (χ0) is 25.6. The van der Waals surface area contributed by atoms with Crippen molar-refractivity contribution < 1.29 is 19.1 Å². The normalized spacial score (nSPS) is 28.7. The molecule has 0 bridgehead atoms. The van der Waals surface area contributed by atoms with Crippen LogP contribution in [0, 0.1) is 23.7 Å². The van der Waals surface area contributed by atoms with Gasteiger partial charge in [-0.3, -0.25) is 9.59 Å². The Morgan fingerprint density at radius 3 is 2.55 bits per heavy atom. The lowest BCUT2D eigenvalue weighted by Crippen LogP contribution is -2.40. The van der Waals surface area contributed by atoms with Crippen molar-refractivity contribution in [3.8, 4) is 5.88 Å². The van der Waals surface area contributed by atoms with Gasteiger partial charge in [-0.1, -0.05) is 0 Å². The van der Waals surface area contributed by atoms with Crippen molar-refractivity contribution in [1.82, 2.24) is 30.2 Å². The number of aromatic nitrogens is 4. The number of amides is 2. The van der Waals surface area contributed by atoms with Crippen LogP contribution < -0.4 is 4.74 Å². The van der Waals surface area contributed by atoms with E-state index in [1.807, 2.05) is 21.9 Å². The van der Waals surface area contributed by atoms with Crippen molar-refractivity contribution in [3.05, 3.63) is 34.8 Å². The van der Waals surface area contributed by atoms with Crippen molar-refractivity contribution in [2.24, 2.45) is 23.7 Å². The molecule has 4 atom stereocenters. The molecule has 4 fully saturated rings. The van der Waals surface area contributed by atoms with E-state index in [0.717, 1.165) is 81.9 Å². The SMILES string of the molecule is O=C(c1cc(OCC2CCCOC2)nc(C2CC2)c1)N1CC2CN(C(=O)[C@@H]3CCc4n[nH]nc4C3)C[C@H]2C1. The molecule has 0 radical (unpaired) electrons. The smallest absolute Gasteiger partial charge is 0.254 e. The first kappa shape index (κ1) is 24.1. The third kappa shape index (κ3) is 4.79. The van der Waals surface area contributed by atoms with Crippen molar-refractivity contribution in [3.63, 3.8) is 0 Å². The molecule has 2 amide bonds. The summed E-state index contributed by atoms with van der Waals surface area (Å²) in [7, 11) is 0. The summed E-state index contributed by atoms with van der Waals surface area (Å²) in [6, 6.07) is 3.80. The van der Waals surface area contributed by atoms with Crippen molar-refractivity contribution in [2.75, 3.05) is 46.0 Å². The van der Waals surface area contributed by atoms with E-state index < -0.39 is 0 Å². The van der Waals surface area contributed by atoms with Gasteiger partial charge in [-0.25, -0.2) is 4.98 Å². The molecule has 2 unspecified atom stereocenters. The van der Waals surface area contributed by atoms with Gasteiger partial charge >= 0.3 is 0 Å². The number of ether oxygens (including phenoxy) is 2. The number of fused-ring (bicyclic) bond motifs is 2. The van der Waals surface area contributed by atoms with E-state index in [1.165, 1.54) is 0 Å². The molecule has 10 nitrogen and oxygen atoms in total. The largest absolute Gasteiger partial charge is 0.477 e. The molecule has 2 aromatic rings. The molecule has 0 aromatic carbocycles. The Kier molecular flexibility index (Phi) is 6.30. The summed E-state index contributed by atoms with van der Waals surface area (Å²) in [5.74, 6) is 2.32. The van der Waals surface area contributed by atoms with Crippen LogP contribution in [0.2, 0.25) is 0 Å². The Hall–Kier alpha value is -3.01. The summed E-state index contributed by atoms with van der Waals surface area (Å²) in [5.41, 5.74) is 3.59. The fraction of sp³-hybridized carbons (Fsp3) is 0.679. The first-order valence-electron chi connectivity index (χ1n) is 14.3. The molecule has 7 rings (SSSR count). The van der Waals surface area contributed by atoms with Gasteiger partial charge in [0.1, 0.15) is 0 Å². The highest BCUT2D eigenvalue weighted by Gasteiger charge is 2.45. The number of carbonyl (C=O) groups excluding carboxylic acids is 2. The van der Waals surface area contributed by atoms with Gasteiger partial charge in [0.2, 0.25) is 11.8 Å². The lowest BCUT2D eigenvalue weighted by molar-refractivity contribution is -0.135. The predicted molar refractivity (Wildman–Crippen MR) is 137 cm³/mol. The van der Waals surface area contributed by atoms with Crippen LogP contribution >= 0.6 is 0 Å². The maximum Gasteiger partial charge on any atom is 0.254 e. The number of pyridine rings is 1. The summed E-state index contributed by atoms with van der Waals surface area (Å²) >= 11 is 0. The highest BCUT2D eigenvalue weighted by Crippen LogP contribution is 2.40. The third-order valence-corrected chi connectivity index (χ3v) is 9.09. The lowest BCUT2D eigenvalue weighted by Gasteiger charge is -2.27. The van der Waals surface area contributed by atoms with Crippen LogP contribution in [0.5, 0.6) is 5.88 Å². The second kappa shape index (κ2) is 9.94. The van der Waals surface area contributed by atoms with E-state index in [0.29, 0.717) is 61.2 Å². The van der Waals surface area contributed by atoms with Crippen molar-refractivity contribution in [1.29, 1.82) is 0 Å². The predicted octanol–water partition coefficient (Wildman–Crippen LogP) is 2.22. The summed E-state index contributed by atoms with van der Waals surface area (Å²) in [5, 5.41) is 11.1.